The number of carbonyl (C=O) groups excluding carboxylic acids is 1. The molecule has 7 nitrogen and oxygen atoms in total. The van der Waals surface area contributed by atoms with Crippen LogP contribution in [0.3, 0.4) is 0 Å². The number of carbonyl (C=O) groups is 3. The predicted molar refractivity (Wildman–Crippen MR) is 65.8 cm³/mol. The molecular formula is C12H16O7. The summed E-state index contributed by atoms with van der Waals surface area (Å²) in [6.45, 7) is 1.10. The van der Waals surface area contributed by atoms with E-state index in [4.69, 9.17) is 20.1 Å². The highest BCUT2D eigenvalue weighted by Gasteiger charge is 2.05. The first-order valence-corrected chi connectivity index (χ1v) is 5.02. The molecule has 0 radical (unpaired) electrons. The van der Waals surface area contributed by atoms with Crippen LogP contribution in [-0.4, -0.2) is 46.9 Å². The summed E-state index contributed by atoms with van der Waals surface area (Å²) in [5.41, 5.74) is 0.331. The molecule has 1 aromatic rings. The number of aliphatic hydroxyl groups is 1. The molecule has 1 atom stereocenters. The van der Waals surface area contributed by atoms with Gasteiger partial charge in [-0.25, -0.2) is 9.59 Å². The van der Waals surface area contributed by atoms with E-state index in [0.29, 0.717) is 5.56 Å². The maximum Gasteiger partial charge on any atom is 0.335 e. The second-order valence-corrected chi connectivity index (χ2v) is 2.98. The fraction of sp³-hybridized carbons (Fsp3) is 0.250. The normalized spacial score (nSPS) is 9.63. The Morgan fingerprint density at radius 3 is 1.84 bits per heavy atom. The fourth-order valence-electron chi connectivity index (χ4n) is 0.751. The highest BCUT2D eigenvalue weighted by Crippen LogP contribution is 1.96. The van der Waals surface area contributed by atoms with Crippen LogP contribution in [0.1, 0.15) is 17.3 Å². The number of rotatable bonds is 2. The molecule has 1 aromatic carbocycles. The second kappa shape index (κ2) is 12.1. The van der Waals surface area contributed by atoms with Crippen molar-refractivity contribution >= 4 is 18.4 Å². The van der Waals surface area contributed by atoms with Crippen LogP contribution in [0.4, 0.5) is 0 Å². The van der Waals surface area contributed by atoms with Gasteiger partial charge in [-0.3, -0.25) is 4.79 Å². The molecule has 0 fully saturated rings. The molecular weight excluding hydrogens is 256 g/mol. The number of carboxylic acid groups (broad SMARTS) is 2. The molecule has 0 aliphatic heterocycles. The molecule has 0 aliphatic rings. The summed E-state index contributed by atoms with van der Waals surface area (Å²) >= 11 is 0. The second-order valence-electron chi connectivity index (χ2n) is 2.98. The quantitative estimate of drug-likeness (QED) is 0.533. The first-order chi connectivity index (χ1) is 8.90. The zero-order valence-corrected chi connectivity index (χ0v) is 10.5. The fourth-order valence-corrected chi connectivity index (χ4v) is 0.751. The number of hydrogen-bond donors (Lipinski definition) is 3. The van der Waals surface area contributed by atoms with E-state index >= 15 is 0 Å². The van der Waals surface area contributed by atoms with Gasteiger partial charge in [0.15, 0.2) is 0 Å². The minimum absolute atomic E-state index is 0.250. The van der Waals surface area contributed by atoms with Crippen LogP contribution < -0.4 is 0 Å². The van der Waals surface area contributed by atoms with Crippen molar-refractivity contribution in [2.45, 2.75) is 13.0 Å². The van der Waals surface area contributed by atoms with Crippen molar-refractivity contribution in [2.24, 2.45) is 0 Å². The molecule has 0 saturated carbocycles. The smallest absolute Gasteiger partial charge is 0.335 e. The summed E-state index contributed by atoms with van der Waals surface area (Å²) < 4.78 is 4.12. The van der Waals surface area contributed by atoms with Gasteiger partial charge in [-0.2, -0.15) is 0 Å². The van der Waals surface area contributed by atoms with Gasteiger partial charge in [0.1, 0.15) is 6.10 Å². The molecule has 0 heterocycles. The van der Waals surface area contributed by atoms with Crippen LogP contribution in [0.15, 0.2) is 30.3 Å². The Morgan fingerprint density at radius 1 is 1.26 bits per heavy atom. The Balaban J connectivity index is 0. The predicted octanol–water partition coefficient (Wildman–Crippen LogP) is 0.626. The third-order valence-electron chi connectivity index (χ3n) is 1.56. The highest BCUT2D eigenvalue weighted by molar-refractivity contribution is 5.87. The molecule has 0 aromatic heterocycles. The molecule has 1 unspecified atom stereocenters. The summed E-state index contributed by atoms with van der Waals surface area (Å²) in [6.07, 6.45) is -0.995. The summed E-state index contributed by atoms with van der Waals surface area (Å²) in [5.74, 6) is -1.48. The summed E-state index contributed by atoms with van der Waals surface area (Å²) in [6, 6.07) is 8.30. The Labute approximate surface area is 110 Å². The van der Waals surface area contributed by atoms with Crippen molar-refractivity contribution < 1.29 is 34.4 Å². The lowest BCUT2D eigenvalue weighted by Gasteiger charge is -1.97. The number of aromatic carboxylic acids is 1. The van der Waals surface area contributed by atoms with Crippen molar-refractivity contribution in [1.82, 2.24) is 0 Å². The number of ether oxygens (including phenoxy) is 1. The van der Waals surface area contributed by atoms with Crippen molar-refractivity contribution in [3.8, 4) is 0 Å². The van der Waals surface area contributed by atoms with E-state index in [-0.39, 0.29) is 6.47 Å². The minimum atomic E-state index is -0.995. The topological polar surface area (TPSA) is 121 Å². The molecule has 19 heavy (non-hydrogen) atoms. The van der Waals surface area contributed by atoms with Crippen LogP contribution in [0.2, 0.25) is 0 Å². The molecule has 106 valence electrons. The molecule has 0 aliphatic carbocycles. The Bertz CT molecular complexity index is 373. The van der Waals surface area contributed by atoms with Crippen molar-refractivity contribution in [3.63, 3.8) is 0 Å². The third kappa shape index (κ3) is 11.8. The number of carboxylic acids is 1. The van der Waals surface area contributed by atoms with E-state index in [1.165, 1.54) is 14.0 Å². The average molecular weight is 272 g/mol. The van der Waals surface area contributed by atoms with Gasteiger partial charge in [0.2, 0.25) is 0 Å². The van der Waals surface area contributed by atoms with E-state index in [1.807, 2.05) is 0 Å². The van der Waals surface area contributed by atoms with Gasteiger partial charge in [-0.15, -0.1) is 0 Å². The number of aliphatic hydroxyl groups excluding tert-OH is 1. The number of esters is 1. The van der Waals surface area contributed by atoms with Crippen molar-refractivity contribution in [3.05, 3.63) is 35.9 Å². The highest BCUT2D eigenvalue weighted by atomic mass is 16.5. The van der Waals surface area contributed by atoms with Crippen molar-refractivity contribution in [2.75, 3.05) is 7.11 Å². The van der Waals surface area contributed by atoms with E-state index in [0.717, 1.165) is 0 Å². The monoisotopic (exact) mass is 272 g/mol. The Kier molecular flexibility index (Phi) is 12.0. The third-order valence-corrected chi connectivity index (χ3v) is 1.56. The van der Waals surface area contributed by atoms with Crippen LogP contribution >= 0.6 is 0 Å². The summed E-state index contributed by atoms with van der Waals surface area (Å²) in [4.78, 5) is 28.6. The first kappa shape index (κ1) is 18.9. The molecule has 1 rings (SSSR count). The Morgan fingerprint density at radius 2 is 1.68 bits per heavy atom. The SMILES string of the molecule is COC(=O)C(C)O.O=C(O)c1ccccc1.O=CO. The largest absolute Gasteiger partial charge is 0.483 e. The molecule has 0 bridgehead atoms. The number of methoxy groups -OCH3 is 1. The van der Waals surface area contributed by atoms with Crippen LogP contribution in [-0.2, 0) is 14.3 Å². The van der Waals surface area contributed by atoms with Crippen LogP contribution in [0.25, 0.3) is 0 Å². The van der Waals surface area contributed by atoms with Gasteiger partial charge in [0.25, 0.3) is 6.47 Å². The zero-order valence-electron chi connectivity index (χ0n) is 10.5. The van der Waals surface area contributed by atoms with Gasteiger partial charge >= 0.3 is 11.9 Å². The number of hydrogen-bond acceptors (Lipinski definition) is 5. The van der Waals surface area contributed by atoms with E-state index in [2.05, 4.69) is 4.74 Å². The van der Waals surface area contributed by atoms with Gasteiger partial charge in [-0.1, -0.05) is 18.2 Å². The molecule has 0 spiro atoms. The first-order valence-electron chi connectivity index (χ1n) is 5.02. The van der Waals surface area contributed by atoms with Crippen molar-refractivity contribution in [1.29, 1.82) is 0 Å². The van der Waals surface area contributed by atoms with Gasteiger partial charge < -0.3 is 20.1 Å². The summed E-state index contributed by atoms with van der Waals surface area (Å²) in [5, 5.41) is 23.6. The zero-order chi connectivity index (χ0) is 15.3. The summed E-state index contributed by atoms with van der Waals surface area (Å²) in [7, 11) is 1.23. The van der Waals surface area contributed by atoms with E-state index in [9.17, 15) is 9.59 Å². The lowest BCUT2D eigenvalue weighted by atomic mass is 10.2. The molecule has 0 saturated heterocycles. The molecule has 7 heteroatoms. The van der Waals surface area contributed by atoms with E-state index < -0.39 is 18.0 Å². The maximum absolute atomic E-state index is 10.2. The standard InChI is InChI=1S/C7H6O2.C4H8O3.CH2O2/c8-7(9)6-4-2-1-3-5-6;1-3(5)4(6)7-2;2-1-3/h1-5H,(H,8,9);3,5H,1-2H3;1H,(H,2,3). The lowest BCUT2D eigenvalue weighted by Crippen LogP contribution is -2.16. The van der Waals surface area contributed by atoms with Crippen LogP contribution in [0.5, 0.6) is 0 Å². The maximum atomic E-state index is 10.2. The van der Waals surface area contributed by atoms with E-state index in [1.54, 1.807) is 30.3 Å². The lowest BCUT2D eigenvalue weighted by molar-refractivity contribution is -0.149. The molecule has 3 N–H and O–H groups in total. The average Bonchev–Trinajstić information content (AvgIpc) is 2.40. The van der Waals surface area contributed by atoms with Gasteiger partial charge in [0, 0.05) is 0 Å². The Hall–Kier alpha value is -2.41. The van der Waals surface area contributed by atoms with Gasteiger partial charge in [0.05, 0.1) is 12.7 Å². The van der Waals surface area contributed by atoms with Gasteiger partial charge in [-0.05, 0) is 19.1 Å². The molecule has 0 amide bonds. The number of benzene rings is 1. The minimum Gasteiger partial charge on any atom is -0.483 e. The van der Waals surface area contributed by atoms with Crippen LogP contribution in [0, 0.1) is 0 Å².